The fourth-order valence-corrected chi connectivity index (χ4v) is 3.01. The number of hydrogen-bond acceptors (Lipinski definition) is 2. The van der Waals surface area contributed by atoms with E-state index >= 15 is 0 Å². The number of rotatable bonds is 6. The summed E-state index contributed by atoms with van der Waals surface area (Å²) in [6, 6.07) is 21.7. The minimum atomic E-state index is -0.103. The van der Waals surface area contributed by atoms with Crippen LogP contribution in [-0.4, -0.2) is 11.8 Å². The van der Waals surface area contributed by atoms with E-state index in [0.29, 0.717) is 12.8 Å². The zero-order valence-corrected chi connectivity index (χ0v) is 15.7. The average molecular weight is 360 g/mol. The lowest BCUT2D eigenvalue weighted by Crippen LogP contribution is -2.28. The summed E-state index contributed by atoms with van der Waals surface area (Å²) in [7, 11) is 0. The number of amides is 2. The highest BCUT2D eigenvalue weighted by Crippen LogP contribution is 2.18. The molecule has 1 atom stereocenters. The quantitative estimate of drug-likeness (QED) is 0.674. The normalized spacial score (nSPS) is 11.8. The van der Waals surface area contributed by atoms with Crippen LogP contribution < -0.4 is 10.6 Å². The van der Waals surface area contributed by atoms with E-state index < -0.39 is 0 Å². The molecule has 2 N–H and O–H groups in total. The molecule has 0 saturated heterocycles. The van der Waals surface area contributed by atoms with Gasteiger partial charge in [-0.25, -0.2) is 0 Å². The number of fused-ring (bicyclic) bond motifs is 1. The Hall–Kier alpha value is -3.14. The van der Waals surface area contributed by atoms with Crippen molar-refractivity contribution in [1.29, 1.82) is 0 Å². The van der Waals surface area contributed by atoms with Gasteiger partial charge in [-0.15, -0.1) is 0 Å². The summed E-state index contributed by atoms with van der Waals surface area (Å²) in [5.41, 5.74) is 2.76. The fourth-order valence-electron chi connectivity index (χ4n) is 3.01. The van der Waals surface area contributed by atoms with Crippen molar-refractivity contribution in [3.05, 3.63) is 77.9 Å². The molecule has 0 spiro atoms. The summed E-state index contributed by atoms with van der Waals surface area (Å²) in [5, 5.41) is 8.17. The Morgan fingerprint density at radius 2 is 1.59 bits per heavy atom. The van der Waals surface area contributed by atoms with Crippen LogP contribution in [-0.2, 0) is 16.0 Å². The van der Waals surface area contributed by atoms with Crippen LogP contribution in [0.3, 0.4) is 0 Å². The number of carbonyl (C=O) groups is 2. The van der Waals surface area contributed by atoms with E-state index in [1.54, 1.807) is 0 Å². The van der Waals surface area contributed by atoms with Crippen LogP contribution in [0.15, 0.2) is 66.7 Å². The monoisotopic (exact) mass is 360 g/mol. The van der Waals surface area contributed by atoms with Crippen molar-refractivity contribution in [3.8, 4) is 0 Å². The third-order valence-corrected chi connectivity index (χ3v) is 4.57. The largest absolute Gasteiger partial charge is 0.349 e. The van der Waals surface area contributed by atoms with E-state index in [9.17, 15) is 9.59 Å². The van der Waals surface area contributed by atoms with Gasteiger partial charge in [-0.1, -0.05) is 61.5 Å². The topological polar surface area (TPSA) is 58.2 Å². The SMILES string of the molecule is CCC(=O)Nc1ccc(C(C)NC(=O)Cc2ccc3ccccc3c2)cc1. The van der Waals surface area contributed by atoms with E-state index in [1.807, 2.05) is 62.4 Å². The average Bonchev–Trinajstić information content (AvgIpc) is 2.68. The molecule has 27 heavy (non-hydrogen) atoms. The Morgan fingerprint density at radius 1 is 0.889 bits per heavy atom. The smallest absolute Gasteiger partial charge is 0.224 e. The zero-order valence-electron chi connectivity index (χ0n) is 15.7. The Morgan fingerprint density at radius 3 is 2.30 bits per heavy atom. The summed E-state index contributed by atoms with van der Waals surface area (Å²) in [5.74, 6) is -0.0272. The Kier molecular flexibility index (Phi) is 5.87. The molecule has 0 aromatic heterocycles. The first-order chi connectivity index (χ1) is 13.0. The van der Waals surface area contributed by atoms with Crippen LogP contribution in [0, 0.1) is 0 Å². The lowest BCUT2D eigenvalue weighted by atomic mass is 10.0. The molecule has 0 bridgehead atoms. The van der Waals surface area contributed by atoms with Crippen molar-refractivity contribution in [2.24, 2.45) is 0 Å². The maximum Gasteiger partial charge on any atom is 0.224 e. The van der Waals surface area contributed by atoms with E-state index in [2.05, 4.69) is 28.8 Å². The summed E-state index contributed by atoms with van der Waals surface area (Å²) < 4.78 is 0. The van der Waals surface area contributed by atoms with Crippen LogP contribution in [0.4, 0.5) is 5.69 Å². The summed E-state index contributed by atoms with van der Waals surface area (Å²) in [6.07, 6.45) is 0.794. The van der Waals surface area contributed by atoms with Crippen molar-refractivity contribution in [2.45, 2.75) is 32.7 Å². The number of benzene rings is 3. The lowest BCUT2D eigenvalue weighted by molar-refractivity contribution is -0.121. The van der Waals surface area contributed by atoms with Crippen molar-refractivity contribution in [1.82, 2.24) is 5.32 Å². The van der Waals surface area contributed by atoms with Crippen LogP contribution in [0.2, 0.25) is 0 Å². The van der Waals surface area contributed by atoms with Gasteiger partial charge in [0.1, 0.15) is 0 Å². The van der Waals surface area contributed by atoms with Gasteiger partial charge < -0.3 is 10.6 Å². The number of carbonyl (C=O) groups excluding carboxylic acids is 2. The highest BCUT2D eigenvalue weighted by molar-refractivity contribution is 5.90. The van der Waals surface area contributed by atoms with Crippen LogP contribution in [0.1, 0.15) is 37.4 Å². The van der Waals surface area contributed by atoms with Crippen LogP contribution >= 0.6 is 0 Å². The highest BCUT2D eigenvalue weighted by atomic mass is 16.2. The molecule has 3 aromatic rings. The highest BCUT2D eigenvalue weighted by Gasteiger charge is 2.11. The van der Waals surface area contributed by atoms with Crippen LogP contribution in [0.5, 0.6) is 0 Å². The molecule has 0 heterocycles. The maximum absolute atomic E-state index is 12.4. The second kappa shape index (κ2) is 8.49. The summed E-state index contributed by atoms with van der Waals surface area (Å²) >= 11 is 0. The van der Waals surface area contributed by atoms with Crippen LogP contribution in [0.25, 0.3) is 10.8 Å². The fraction of sp³-hybridized carbons (Fsp3) is 0.217. The molecular formula is C23H24N2O2. The van der Waals surface area contributed by atoms with Crippen molar-refractivity contribution in [2.75, 3.05) is 5.32 Å². The van der Waals surface area contributed by atoms with Gasteiger partial charge in [0.05, 0.1) is 12.5 Å². The molecule has 0 aliphatic rings. The molecule has 0 saturated carbocycles. The van der Waals surface area contributed by atoms with Gasteiger partial charge in [0.2, 0.25) is 11.8 Å². The van der Waals surface area contributed by atoms with Gasteiger partial charge >= 0.3 is 0 Å². The Bertz CT molecular complexity index is 948. The standard InChI is InChI=1S/C23H24N2O2/c1-3-22(26)25-21-12-10-18(11-13-21)16(2)24-23(27)15-17-8-9-19-6-4-5-7-20(19)14-17/h4-14,16H,3,15H2,1-2H3,(H,24,27)(H,25,26). The summed E-state index contributed by atoms with van der Waals surface area (Å²) in [6.45, 7) is 3.77. The van der Waals surface area contributed by atoms with E-state index in [1.165, 1.54) is 5.39 Å². The maximum atomic E-state index is 12.4. The second-order valence-corrected chi connectivity index (χ2v) is 6.67. The van der Waals surface area contributed by atoms with Gasteiger partial charge in [0.15, 0.2) is 0 Å². The molecule has 2 amide bonds. The van der Waals surface area contributed by atoms with Gasteiger partial charge in [-0.2, -0.15) is 0 Å². The first-order valence-corrected chi connectivity index (χ1v) is 9.22. The number of nitrogens with one attached hydrogen (secondary N) is 2. The molecule has 0 fully saturated rings. The lowest BCUT2D eigenvalue weighted by Gasteiger charge is -2.15. The molecule has 0 aliphatic carbocycles. The Balaban J connectivity index is 1.60. The van der Waals surface area contributed by atoms with Crippen molar-refractivity contribution in [3.63, 3.8) is 0 Å². The van der Waals surface area contributed by atoms with E-state index in [-0.39, 0.29) is 17.9 Å². The third-order valence-electron chi connectivity index (χ3n) is 4.57. The zero-order chi connectivity index (χ0) is 19.2. The van der Waals surface area contributed by atoms with Crippen molar-refractivity contribution >= 4 is 28.3 Å². The van der Waals surface area contributed by atoms with Gasteiger partial charge in [0, 0.05) is 12.1 Å². The molecule has 4 nitrogen and oxygen atoms in total. The second-order valence-electron chi connectivity index (χ2n) is 6.67. The van der Waals surface area contributed by atoms with Gasteiger partial charge in [-0.3, -0.25) is 9.59 Å². The molecule has 4 heteroatoms. The first-order valence-electron chi connectivity index (χ1n) is 9.22. The Labute approximate surface area is 159 Å². The van der Waals surface area contributed by atoms with Gasteiger partial charge in [-0.05, 0) is 41.0 Å². The minimum Gasteiger partial charge on any atom is -0.349 e. The first kappa shape index (κ1) is 18.6. The predicted octanol–water partition coefficient (Wildman–Crippen LogP) is 4.61. The van der Waals surface area contributed by atoms with E-state index in [4.69, 9.17) is 0 Å². The molecule has 3 rings (SSSR count). The van der Waals surface area contributed by atoms with E-state index in [0.717, 1.165) is 22.2 Å². The molecular weight excluding hydrogens is 336 g/mol. The number of hydrogen-bond donors (Lipinski definition) is 2. The third kappa shape index (κ3) is 4.94. The minimum absolute atomic E-state index is 0.0128. The summed E-state index contributed by atoms with van der Waals surface area (Å²) in [4.78, 5) is 23.8. The molecule has 0 radical (unpaired) electrons. The molecule has 138 valence electrons. The molecule has 0 aliphatic heterocycles. The molecule has 3 aromatic carbocycles. The molecule has 1 unspecified atom stereocenters. The van der Waals surface area contributed by atoms with Gasteiger partial charge in [0.25, 0.3) is 0 Å². The predicted molar refractivity (Wildman–Crippen MR) is 110 cm³/mol. The van der Waals surface area contributed by atoms with Crippen molar-refractivity contribution < 1.29 is 9.59 Å². The number of anilines is 1.